The number of rotatable bonds is 5. The van der Waals surface area contributed by atoms with Gasteiger partial charge in [-0.2, -0.15) is 0 Å². The van der Waals surface area contributed by atoms with Gasteiger partial charge in [-0.3, -0.25) is 4.79 Å². The van der Waals surface area contributed by atoms with Gasteiger partial charge in [0, 0.05) is 4.47 Å². The maximum absolute atomic E-state index is 12.4. The Labute approximate surface area is 150 Å². The minimum atomic E-state index is -0.819. The van der Waals surface area contributed by atoms with E-state index in [1.54, 1.807) is 12.1 Å². The van der Waals surface area contributed by atoms with Crippen LogP contribution in [0.4, 0.5) is 0 Å². The quantitative estimate of drug-likeness (QED) is 0.794. The summed E-state index contributed by atoms with van der Waals surface area (Å²) in [7, 11) is 1.31. The molecule has 2 aromatic rings. The molecule has 4 nitrogen and oxygen atoms in total. The highest BCUT2D eigenvalue weighted by atomic mass is 79.9. The summed E-state index contributed by atoms with van der Waals surface area (Å²) in [5, 5.41) is 2.77. The highest BCUT2D eigenvalue weighted by molar-refractivity contribution is 9.10. The third-order valence-corrected chi connectivity index (χ3v) is 4.33. The van der Waals surface area contributed by atoms with Crippen molar-refractivity contribution >= 4 is 27.8 Å². The number of methoxy groups -OCH3 is 1. The van der Waals surface area contributed by atoms with E-state index in [1.165, 1.54) is 7.11 Å². The lowest BCUT2D eigenvalue weighted by Gasteiger charge is -2.17. The molecule has 0 aromatic heterocycles. The van der Waals surface area contributed by atoms with Crippen molar-refractivity contribution in [2.24, 2.45) is 0 Å². The average Bonchev–Trinajstić information content (AvgIpc) is 2.56. The molecule has 1 N–H and O–H groups in total. The number of carbonyl (C=O) groups excluding carboxylic acids is 2. The molecular weight excluding hydrogens is 370 g/mol. The van der Waals surface area contributed by atoms with Gasteiger partial charge in [0.15, 0.2) is 6.04 Å². The molecule has 0 saturated carbocycles. The molecule has 2 rings (SSSR count). The highest BCUT2D eigenvalue weighted by Crippen LogP contribution is 2.19. The molecule has 0 heterocycles. The first-order valence-electron chi connectivity index (χ1n) is 7.59. The van der Waals surface area contributed by atoms with Crippen LogP contribution in [0.3, 0.4) is 0 Å². The van der Waals surface area contributed by atoms with Gasteiger partial charge in [0.1, 0.15) is 0 Å². The van der Waals surface area contributed by atoms with Crippen LogP contribution >= 0.6 is 15.9 Å². The van der Waals surface area contributed by atoms with E-state index in [9.17, 15) is 9.59 Å². The van der Waals surface area contributed by atoms with Crippen LogP contribution in [0.25, 0.3) is 0 Å². The van der Waals surface area contributed by atoms with Crippen LogP contribution in [-0.4, -0.2) is 19.0 Å². The fraction of sp³-hybridized carbons (Fsp3) is 0.263. The van der Waals surface area contributed by atoms with Crippen LogP contribution in [0.15, 0.2) is 46.9 Å². The Kier molecular flexibility index (Phi) is 6.15. The van der Waals surface area contributed by atoms with Gasteiger partial charge in [-0.05, 0) is 42.7 Å². The largest absolute Gasteiger partial charge is 0.467 e. The Balaban J connectivity index is 2.17. The molecule has 1 unspecified atom stereocenters. The number of benzene rings is 2. The Morgan fingerprint density at radius 2 is 1.79 bits per heavy atom. The Morgan fingerprint density at radius 3 is 2.42 bits per heavy atom. The van der Waals surface area contributed by atoms with E-state index in [1.807, 2.05) is 44.2 Å². The summed E-state index contributed by atoms with van der Waals surface area (Å²) >= 11 is 3.35. The van der Waals surface area contributed by atoms with Gasteiger partial charge in [0.05, 0.1) is 13.5 Å². The van der Waals surface area contributed by atoms with Gasteiger partial charge < -0.3 is 10.1 Å². The van der Waals surface area contributed by atoms with Crippen molar-refractivity contribution in [2.75, 3.05) is 7.11 Å². The van der Waals surface area contributed by atoms with Crippen molar-refractivity contribution in [1.29, 1.82) is 0 Å². The van der Waals surface area contributed by atoms with Crippen molar-refractivity contribution in [3.05, 3.63) is 69.2 Å². The van der Waals surface area contributed by atoms with Crippen molar-refractivity contribution in [3.63, 3.8) is 0 Å². The number of halogens is 1. The topological polar surface area (TPSA) is 55.4 Å². The second-order valence-corrected chi connectivity index (χ2v) is 6.60. The molecule has 24 heavy (non-hydrogen) atoms. The van der Waals surface area contributed by atoms with Gasteiger partial charge in [0.2, 0.25) is 5.91 Å². The lowest BCUT2D eigenvalue weighted by molar-refractivity contribution is -0.145. The number of ether oxygens (including phenoxy) is 1. The number of hydrogen-bond donors (Lipinski definition) is 1. The van der Waals surface area contributed by atoms with Gasteiger partial charge in [-0.1, -0.05) is 51.8 Å². The lowest BCUT2D eigenvalue weighted by Crippen LogP contribution is -2.35. The molecule has 126 valence electrons. The standard InChI is InChI=1S/C19H20BrNO3/c1-12-4-5-13(2)15(10-12)11-17(22)21-18(19(23)24-3)14-6-8-16(20)9-7-14/h4-10,18H,11H2,1-3H3,(H,21,22). The fourth-order valence-electron chi connectivity index (χ4n) is 2.43. The van der Waals surface area contributed by atoms with Crippen LogP contribution in [-0.2, 0) is 20.7 Å². The van der Waals surface area contributed by atoms with Crippen LogP contribution in [0.1, 0.15) is 28.3 Å². The molecule has 0 saturated heterocycles. The second kappa shape index (κ2) is 8.11. The van der Waals surface area contributed by atoms with E-state index in [4.69, 9.17) is 4.74 Å². The first-order chi connectivity index (χ1) is 11.4. The first-order valence-corrected chi connectivity index (χ1v) is 8.39. The zero-order chi connectivity index (χ0) is 17.7. The van der Waals surface area contributed by atoms with Crippen LogP contribution < -0.4 is 5.32 Å². The van der Waals surface area contributed by atoms with Gasteiger partial charge in [-0.15, -0.1) is 0 Å². The first kappa shape index (κ1) is 18.2. The zero-order valence-corrected chi connectivity index (χ0v) is 15.5. The summed E-state index contributed by atoms with van der Waals surface area (Å²) in [5.41, 5.74) is 3.78. The molecule has 0 bridgehead atoms. The van der Waals surface area contributed by atoms with E-state index in [0.29, 0.717) is 5.56 Å². The maximum atomic E-state index is 12.4. The van der Waals surface area contributed by atoms with Crippen LogP contribution in [0.2, 0.25) is 0 Å². The van der Waals surface area contributed by atoms with Gasteiger partial charge in [-0.25, -0.2) is 4.79 Å². The number of hydrogen-bond acceptors (Lipinski definition) is 3. The van der Waals surface area contributed by atoms with Crippen LogP contribution in [0.5, 0.6) is 0 Å². The normalized spacial score (nSPS) is 11.7. The Hall–Kier alpha value is -2.14. The fourth-order valence-corrected chi connectivity index (χ4v) is 2.69. The van der Waals surface area contributed by atoms with Crippen molar-refractivity contribution < 1.29 is 14.3 Å². The Morgan fingerprint density at radius 1 is 1.12 bits per heavy atom. The smallest absolute Gasteiger partial charge is 0.333 e. The predicted octanol–water partition coefficient (Wildman–Crippen LogP) is 3.64. The molecule has 0 fully saturated rings. The summed E-state index contributed by atoms with van der Waals surface area (Å²) in [6.45, 7) is 3.95. The minimum Gasteiger partial charge on any atom is -0.467 e. The highest BCUT2D eigenvalue weighted by Gasteiger charge is 2.23. The van der Waals surface area contributed by atoms with Crippen LogP contribution in [0, 0.1) is 13.8 Å². The molecule has 5 heteroatoms. The second-order valence-electron chi connectivity index (χ2n) is 5.68. The molecular formula is C19H20BrNO3. The molecule has 1 atom stereocenters. The van der Waals surface area contributed by atoms with Gasteiger partial charge >= 0.3 is 5.97 Å². The van der Waals surface area contributed by atoms with Crippen molar-refractivity contribution in [1.82, 2.24) is 5.32 Å². The molecule has 0 aliphatic heterocycles. The minimum absolute atomic E-state index is 0.220. The maximum Gasteiger partial charge on any atom is 0.333 e. The van der Waals surface area contributed by atoms with Gasteiger partial charge in [0.25, 0.3) is 0 Å². The predicted molar refractivity (Wildman–Crippen MR) is 96.7 cm³/mol. The molecule has 1 amide bonds. The lowest BCUT2D eigenvalue weighted by atomic mass is 10.0. The van der Waals surface area contributed by atoms with E-state index in [-0.39, 0.29) is 12.3 Å². The molecule has 0 aliphatic rings. The van der Waals surface area contributed by atoms with E-state index in [0.717, 1.165) is 21.2 Å². The van der Waals surface area contributed by atoms with E-state index in [2.05, 4.69) is 21.2 Å². The SMILES string of the molecule is COC(=O)C(NC(=O)Cc1cc(C)ccc1C)c1ccc(Br)cc1. The number of carbonyl (C=O) groups is 2. The van der Waals surface area contributed by atoms with Crippen molar-refractivity contribution in [3.8, 4) is 0 Å². The number of amides is 1. The molecule has 0 aliphatic carbocycles. The number of nitrogens with one attached hydrogen (secondary N) is 1. The molecule has 2 aromatic carbocycles. The summed E-state index contributed by atoms with van der Waals surface area (Å²) in [6, 6.07) is 12.4. The number of esters is 1. The van der Waals surface area contributed by atoms with E-state index >= 15 is 0 Å². The summed E-state index contributed by atoms with van der Waals surface area (Å²) in [5.74, 6) is -0.714. The third kappa shape index (κ3) is 4.68. The molecule has 0 spiro atoms. The summed E-state index contributed by atoms with van der Waals surface area (Å²) in [6.07, 6.45) is 0.220. The number of aryl methyl sites for hydroxylation is 2. The molecule has 0 radical (unpaired) electrons. The monoisotopic (exact) mass is 389 g/mol. The average molecular weight is 390 g/mol. The third-order valence-electron chi connectivity index (χ3n) is 3.80. The van der Waals surface area contributed by atoms with E-state index < -0.39 is 12.0 Å². The van der Waals surface area contributed by atoms with Crippen molar-refractivity contribution in [2.45, 2.75) is 26.3 Å². The summed E-state index contributed by atoms with van der Waals surface area (Å²) < 4.78 is 5.73. The summed E-state index contributed by atoms with van der Waals surface area (Å²) in [4.78, 5) is 24.5. The Bertz CT molecular complexity index is 741. The zero-order valence-electron chi connectivity index (χ0n) is 13.9.